The molecule has 1 aliphatic heterocycles. The van der Waals surface area contributed by atoms with Gasteiger partial charge in [0.15, 0.2) is 0 Å². The van der Waals surface area contributed by atoms with Crippen molar-refractivity contribution < 1.29 is 9.90 Å². The van der Waals surface area contributed by atoms with Gasteiger partial charge in [-0.1, -0.05) is 0 Å². The Morgan fingerprint density at radius 2 is 1.89 bits per heavy atom. The van der Waals surface area contributed by atoms with Crippen LogP contribution >= 0.6 is 0 Å². The van der Waals surface area contributed by atoms with Gasteiger partial charge in [-0.3, -0.25) is 9.69 Å². The van der Waals surface area contributed by atoms with Crippen molar-refractivity contribution in [1.29, 1.82) is 0 Å². The van der Waals surface area contributed by atoms with Crippen molar-refractivity contribution >= 4 is 5.91 Å². The minimum Gasteiger partial charge on any atom is -0.395 e. The molecule has 3 fully saturated rings. The molecule has 4 heteroatoms. The summed E-state index contributed by atoms with van der Waals surface area (Å²) in [4.78, 5) is 14.2. The fourth-order valence-corrected chi connectivity index (χ4v) is 3.26. The predicted molar refractivity (Wildman–Crippen MR) is 69.1 cm³/mol. The first-order valence-electron chi connectivity index (χ1n) is 7.42. The molecule has 0 radical (unpaired) electrons. The van der Waals surface area contributed by atoms with Crippen LogP contribution in [-0.4, -0.2) is 47.7 Å². The summed E-state index contributed by atoms with van der Waals surface area (Å²) in [5.41, 5.74) is 0. The SMILES string of the molecule is O=C(CN1CCC[C@@H]1CO)NC(C1CC1)C1CC1. The van der Waals surface area contributed by atoms with Crippen molar-refractivity contribution in [3.05, 3.63) is 0 Å². The number of aliphatic hydroxyl groups is 1. The molecule has 0 aromatic rings. The van der Waals surface area contributed by atoms with E-state index in [-0.39, 0.29) is 18.6 Å². The molecule has 1 amide bonds. The summed E-state index contributed by atoms with van der Waals surface area (Å²) in [6, 6.07) is 0.656. The van der Waals surface area contributed by atoms with Crippen LogP contribution in [0.1, 0.15) is 38.5 Å². The Bertz CT molecular complexity index is 301. The van der Waals surface area contributed by atoms with Crippen molar-refractivity contribution in [2.24, 2.45) is 11.8 Å². The molecule has 2 N–H and O–H groups in total. The van der Waals surface area contributed by atoms with Crippen molar-refractivity contribution in [2.75, 3.05) is 19.7 Å². The van der Waals surface area contributed by atoms with Crippen LogP contribution in [0.4, 0.5) is 0 Å². The fraction of sp³-hybridized carbons (Fsp3) is 0.929. The van der Waals surface area contributed by atoms with E-state index in [0.29, 0.717) is 12.6 Å². The number of nitrogens with one attached hydrogen (secondary N) is 1. The number of likely N-dealkylation sites (tertiary alicyclic amines) is 1. The van der Waals surface area contributed by atoms with Gasteiger partial charge in [0.1, 0.15) is 0 Å². The van der Waals surface area contributed by atoms with Gasteiger partial charge in [-0.25, -0.2) is 0 Å². The smallest absolute Gasteiger partial charge is 0.234 e. The Hall–Kier alpha value is -0.610. The second-order valence-electron chi connectivity index (χ2n) is 6.22. The molecule has 2 aliphatic carbocycles. The first-order chi connectivity index (χ1) is 8.78. The molecule has 3 aliphatic rings. The Kier molecular flexibility index (Phi) is 3.57. The summed E-state index contributed by atoms with van der Waals surface area (Å²) in [7, 11) is 0. The van der Waals surface area contributed by atoms with Crippen LogP contribution in [0.15, 0.2) is 0 Å². The molecule has 18 heavy (non-hydrogen) atoms. The number of carbonyl (C=O) groups excluding carboxylic acids is 1. The predicted octanol–water partition coefficient (Wildman–Crippen LogP) is 0.748. The van der Waals surface area contributed by atoms with Gasteiger partial charge in [0.2, 0.25) is 5.91 Å². The molecule has 1 atom stereocenters. The molecular weight excluding hydrogens is 228 g/mol. The maximum Gasteiger partial charge on any atom is 0.234 e. The standard InChI is InChI=1S/C14H24N2O2/c17-9-12-2-1-7-16(12)8-13(18)15-14(10-3-4-10)11-5-6-11/h10-12,14,17H,1-9H2,(H,15,18)/t12-/m1/s1. The maximum atomic E-state index is 12.1. The van der Waals surface area contributed by atoms with Crippen molar-refractivity contribution in [2.45, 2.75) is 50.6 Å². The summed E-state index contributed by atoms with van der Waals surface area (Å²) < 4.78 is 0. The molecule has 102 valence electrons. The molecule has 1 saturated heterocycles. The first-order valence-corrected chi connectivity index (χ1v) is 7.42. The van der Waals surface area contributed by atoms with E-state index in [4.69, 9.17) is 0 Å². The number of hydrogen-bond donors (Lipinski definition) is 2. The van der Waals surface area contributed by atoms with E-state index in [1.165, 1.54) is 25.7 Å². The molecule has 1 heterocycles. The zero-order valence-electron chi connectivity index (χ0n) is 11.0. The lowest BCUT2D eigenvalue weighted by Gasteiger charge is -2.24. The quantitative estimate of drug-likeness (QED) is 0.733. The number of amides is 1. The monoisotopic (exact) mass is 252 g/mol. The second kappa shape index (κ2) is 5.17. The molecule has 0 aromatic carbocycles. The molecule has 2 saturated carbocycles. The number of nitrogens with zero attached hydrogens (tertiary/aromatic N) is 1. The van der Waals surface area contributed by atoms with Gasteiger partial charge in [-0.05, 0) is 56.9 Å². The van der Waals surface area contributed by atoms with E-state index >= 15 is 0 Å². The van der Waals surface area contributed by atoms with E-state index in [1.807, 2.05) is 0 Å². The van der Waals surface area contributed by atoms with Gasteiger partial charge in [0, 0.05) is 12.1 Å². The minimum absolute atomic E-state index is 0.166. The highest BCUT2D eigenvalue weighted by Gasteiger charge is 2.42. The van der Waals surface area contributed by atoms with Crippen LogP contribution in [0, 0.1) is 11.8 Å². The van der Waals surface area contributed by atoms with Gasteiger partial charge in [-0.2, -0.15) is 0 Å². The van der Waals surface area contributed by atoms with E-state index < -0.39 is 0 Å². The topological polar surface area (TPSA) is 52.6 Å². The van der Waals surface area contributed by atoms with Gasteiger partial charge in [0.25, 0.3) is 0 Å². The normalized spacial score (nSPS) is 28.9. The van der Waals surface area contributed by atoms with Crippen LogP contribution in [0.5, 0.6) is 0 Å². The zero-order chi connectivity index (χ0) is 12.5. The minimum atomic E-state index is 0.166. The van der Waals surface area contributed by atoms with E-state index in [0.717, 1.165) is 31.2 Å². The number of carbonyl (C=O) groups is 1. The Labute approximate surface area is 109 Å². The highest BCUT2D eigenvalue weighted by Crippen LogP contribution is 2.44. The van der Waals surface area contributed by atoms with Crippen molar-refractivity contribution in [3.8, 4) is 0 Å². The molecule has 4 nitrogen and oxygen atoms in total. The lowest BCUT2D eigenvalue weighted by atomic mass is 10.1. The van der Waals surface area contributed by atoms with E-state index in [2.05, 4.69) is 10.2 Å². The van der Waals surface area contributed by atoms with E-state index in [1.54, 1.807) is 0 Å². The van der Waals surface area contributed by atoms with Gasteiger partial charge < -0.3 is 10.4 Å². The van der Waals surface area contributed by atoms with Crippen LogP contribution in [0.3, 0.4) is 0 Å². The molecule has 0 bridgehead atoms. The van der Waals surface area contributed by atoms with Crippen LogP contribution in [0.2, 0.25) is 0 Å². The third kappa shape index (κ3) is 2.86. The third-order valence-corrected chi connectivity index (χ3v) is 4.64. The highest BCUT2D eigenvalue weighted by atomic mass is 16.3. The van der Waals surface area contributed by atoms with Gasteiger partial charge in [-0.15, -0.1) is 0 Å². The molecule has 0 spiro atoms. The summed E-state index contributed by atoms with van der Waals surface area (Å²) in [5, 5.41) is 12.5. The lowest BCUT2D eigenvalue weighted by Crippen LogP contribution is -2.45. The number of rotatable bonds is 6. The van der Waals surface area contributed by atoms with Crippen LogP contribution < -0.4 is 5.32 Å². The average Bonchev–Trinajstić information content (AvgIpc) is 3.25. The van der Waals surface area contributed by atoms with Gasteiger partial charge >= 0.3 is 0 Å². The second-order valence-corrected chi connectivity index (χ2v) is 6.22. The zero-order valence-corrected chi connectivity index (χ0v) is 11.0. The summed E-state index contributed by atoms with van der Waals surface area (Å²) in [6.45, 7) is 1.61. The third-order valence-electron chi connectivity index (χ3n) is 4.64. The molecular formula is C14H24N2O2. The molecule has 0 aromatic heterocycles. The Balaban J connectivity index is 1.48. The molecule has 3 rings (SSSR count). The van der Waals surface area contributed by atoms with E-state index in [9.17, 15) is 9.90 Å². The largest absolute Gasteiger partial charge is 0.395 e. The summed E-state index contributed by atoms with van der Waals surface area (Å²) >= 11 is 0. The van der Waals surface area contributed by atoms with Crippen molar-refractivity contribution in [1.82, 2.24) is 10.2 Å². The Morgan fingerprint density at radius 1 is 1.22 bits per heavy atom. The molecule has 0 unspecified atom stereocenters. The lowest BCUT2D eigenvalue weighted by molar-refractivity contribution is -0.123. The van der Waals surface area contributed by atoms with Crippen molar-refractivity contribution in [3.63, 3.8) is 0 Å². The first kappa shape index (κ1) is 12.4. The number of aliphatic hydroxyl groups excluding tert-OH is 1. The van der Waals surface area contributed by atoms with Crippen LogP contribution in [0.25, 0.3) is 0 Å². The average molecular weight is 252 g/mol. The summed E-state index contributed by atoms with van der Waals surface area (Å²) in [6.07, 6.45) is 7.31. The summed E-state index contributed by atoms with van der Waals surface area (Å²) in [5.74, 6) is 1.68. The van der Waals surface area contributed by atoms with Crippen LogP contribution in [-0.2, 0) is 4.79 Å². The fourth-order valence-electron chi connectivity index (χ4n) is 3.26. The number of hydrogen-bond acceptors (Lipinski definition) is 3. The highest BCUT2D eigenvalue weighted by molar-refractivity contribution is 5.78. The Morgan fingerprint density at radius 3 is 2.44 bits per heavy atom. The van der Waals surface area contributed by atoms with Gasteiger partial charge in [0.05, 0.1) is 13.2 Å². The maximum absolute atomic E-state index is 12.1.